The number of aromatic amines is 1. The van der Waals surface area contributed by atoms with Crippen LogP contribution in [0.15, 0.2) is 53.3 Å². The second-order valence-corrected chi connectivity index (χ2v) is 8.33. The zero-order valence-electron chi connectivity index (χ0n) is 18.1. The zero-order valence-corrected chi connectivity index (χ0v) is 18.8. The Labute approximate surface area is 194 Å². The Bertz CT molecular complexity index is 1310. The molecule has 170 valence electrons. The molecular weight excluding hydrogens is 446 g/mol. The molecule has 2 aromatic carbocycles. The van der Waals surface area contributed by atoms with Gasteiger partial charge in [-0.25, -0.2) is 9.78 Å². The number of hydrogen-bond acceptors (Lipinski definition) is 5. The molecule has 1 aliphatic heterocycles. The first-order valence-electron chi connectivity index (χ1n) is 10.4. The Morgan fingerprint density at radius 2 is 1.88 bits per heavy atom. The van der Waals surface area contributed by atoms with Crippen molar-refractivity contribution >= 4 is 40.3 Å². The Kier molecular flexibility index (Phi) is 5.90. The van der Waals surface area contributed by atoms with Crippen molar-refractivity contribution in [3.8, 4) is 0 Å². The van der Waals surface area contributed by atoms with Crippen LogP contribution >= 0.6 is 11.6 Å². The van der Waals surface area contributed by atoms with Crippen molar-refractivity contribution in [3.63, 3.8) is 0 Å². The number of amides is 4. The van der Waals surface area contributed by atoms with E-state index in [4.69, 9.17) is 11.6 Å². The van der Waals surface area contributed by atoms with Gasteiger partial charge in [0.25, 0.3) is 11.5 Å². The quantitative estimate of drug-likeness (QED) is 0.540. The highest BCUT2D eigenvalue weighted by Crippen LogP contribution is 2.28. The number of carbonyl (C=O) groups excluding carboxylic acids is 3. The van der Waals surface area contributed by atoms with Gasteiger partial charge in [-0.15, -0.1) is 0 Å². The molecule has 1 atom stereocenters. The number of imide groups is 1. The molecule has 9 nitrogen and oxygen atoms in total. The highest BCUT2D eigenvalue weighted by atomic mass is 35.5. The van der Waals surface area contributed by atoms with Crippen LogP contribution in [0.4, 0.5) is 4.79 Å². The fourth-order valence-corrected chi connectivity index (χ4v) is 4.00. The van der Waals surface area contributed by atoms with Crippen molar-refractivity contribution in [2.75, 3.05) is 13.1 Å². The van der Waals surface area contributed by atoms with Crippen molar-refractivity contribution in [3.05, 3.63) is 75.3 Å². The molecule has 4 rings (SSSR count). The third-order valence-corrected chi connectivity index (χ3v) is 5.95. The summed E-state index contributed by atoms with van der Waals surface area (Å²) in [5.41, 5.74) is -0.553. The number of H-pyrrole nitrogens is 1. The lowest BCUT2D eigenvalue weighted by Gasteiger charge is -2.24. The molecule has 0 unspecified atom stereocenters. The number of benzene rings is 2. The summed E-state index contributed by atoms with van der Waals surface area (Å²) in [5.74, 6) is -0.682. The van der Waals surface area contributed by atoms with Crippen LogP contribution < -0.4 is 10.9 Å². The molecule has 4 amide bonds. The summed E-state index contributed by atoms with van der Waals surface area (Å²) in [6.45, 7) is 3.24. The first kappa shape index (κ1) is 22.5. The monoisotopic (exact) mass is 467 g/mol. The van der Waals surface area contributed by atoms with Gasteiger partial charge in [0.2, 0.25) is 5.91 Å². The average molecular weight is 468 g/mol. The van der Waals surface area contributed by atoms with Gasteiger partial charge in [-0.3, -0.25) is 19.3 Å². The molecule has 10 heteroatoms. The minimum atomic E-state index is -1.25. The first-order chi connectivity index (χ1) is 15.7. The van der Waals surface area contributed by atoms with Gasteiger partial charge in [0.05, 0.1) is 17.4 Å². The third-order valence-electron chi connectivity index (χ3n) is 5.71. The molecule has 0 bridgehead atoms. The summed E-state index contributed by atoms with van der Waals surface area (Å²) >= 11 is 6.00. The number of urea groups is 1. The number of fused-ring (bicyclic) bond motifs is 1. The van der Waals surface area contributed by atoms with Gasteiger partial charge >= 0.3 is 6.03 Å². The predicted octanol–water partition coefficient (Wildman–Crippen LogP) is 2.39. The smallest absolute Gasteiger partial charge is 0.325 e. The van der Waals surface area contributed by atoms with E-state index in [1.165, 1.54) is 4.90 Å². The van der Waals surface area contributed by atoms with Crippen molar-refractivity contribution in [2.45, 2.75) is 25.9 Å². The number of carbonyl (C=O) groups is 3. The standard InChI is InChI=1S/C23H22ClN5O4/c1-3-28(12-18-25-17-11-15(24)9-10-16(17)20(31)26-18)19(30)13-29-21(32)23(2,27-22(29)33)14-7-5-4-6-8-14/h4-11H,3,12-13H2,1-2H3,(H,27,33)(H,25,26,31)/t23-/m1/s1. The van der Waals surface area contributed by atoms with Gasteiger partial charge in [-0.05, 0) is 37.6 Å². The summed E-state index contributed by atoms with van der Waals surface area (Å²) in [5, 5.41) is 3.51. The number of likely N-dealkylation sites (N-methyl/N-ethyl adjacent to an activating group) is 1. The lowest BCUT2D eigenvalue weighted by Crippen LogP contribution is -2.44. The van der Waals surface area contributed by atoms with E-state index < -0.39 is 29.9 Å². The lowest BCUT2D eigenvalue weighted by molar-refractivity contribution is -0.139. The molecule has 0 radical (unpaired) electrons. The molecule has 1 saturated heterocycles. The van der Waals surface area contributed by atoms with E-state index in [1.807, 2.05) is 6.07 Å². The Morgan fingerprint density at radius 1 is 1.15 bits per heavy atom. The molecule has 0 aliphatic carbocycles. The van der Waals surface area contributed by atoms with Crippen molar-refractivity contribution in [1.29, 1.82) is 0 Å². The highest BCUT2D eigenvalue weighted by molar-refractivity contribution is 6.31. The Morgan fingerprint density at radius 3 is 2.58 bits per heavy atom. The van der Waals surface area contributed by atoms with Crippen molar-refractivity contribution in [2.24, 2.45) is 0 Å². The van der Waals surface area contributed by atoms with Gasteiger partial charge < -0.3 is 15.2 Å². The number of nitrogens with one attached hydrogen (secondary N) is 2. The van der Waals surface area contributed by atoms with Crippen LogP contribution in [-0.4, -0.2) is 50.7 Å². The molecule has 1 aliphatic rings. The first-order valence-corrected chi connectivity index (χ1v) is 10.8. The summed E-state index contributed by atoms with van der Waals surface area (Å²) in [7, 11) is 0. The van der Waals surface area contributed by atoms with E-state index in [-0.39, 0.29) is 24.5 Å². The van der Waals surface area contributed by atoms with Crippen molar-refractivity contribution in [1.82, 2.24) is 25.1 Å². The maximum atomic E-state index is 13.1. The SMILES string of the molecule is CCN(Cc1nc2cc(Cl)ccc2c(=O)[nH]1)C(=O)CN1C(=O)N[C@](C)(c2ccccc2)C1=O. The normalized spacial score (nSPS) is 18.0. The Balaban J connectivity index is 1.53. The van der Waals surface area contributed by atoms with E-state index in [2.05, 4.69) is 15.3 Å². The van der Waals surface area contributed by atoms with Gasteiger partial charge in [0.15, 0.2) is 0 Å². The van der Waals surface area contributed by atoms with Gasteiger partial charge in [-0.1, -0.05) is 41.9 Å². The fraction of sp³-hybridized carbons (Fsp3) is 0.261. The minimum absolute atomic E-state index is 0.00658. The number of nitrogens with zero attached hydrogens (tertiary/aromatic N) is 3. The van der Waals surface area contributed by atoms with Crippen LogP contribution in [0.1, 0.15) is 25.2 Å². The summed E-state index contributed by atoms with van der Waals surface area (Å²) < 4.78 is 0. The highest BCUT2D eigenvalue weighted by Gasteiger charge is 2.49. The van der Waals surface area contributed by atoms with Crippen LogP contribution in [0.2, 0.25) is 5.02 Å². The molecule has 0 saturated carbocycles. The second kappa shape index (κ2) is 8.67. The molecule has 33 heavy (non-hydrogen) atoms. The van der Waals surface area contributed by atoms with Crippen LogP contribution in [0.5, 0.6) is 0 Å². The molecule has 1 aromatic heterocycles. The molecule has 0 spiro atoms. The number of rotatable bonds is 6. The molecule has 2 N–H and O–H groups in total. The minimum Gasteiger partial charge on any atom is -0.334 e. The number of aromatic nitrogens is 2. The van der Waals surface area contributed by atoms with E-state index in [1.54, 1.807) is 56.3 Å². The molecule has 1 fully saturated rings. The zero-order chi connectivity index (χ0) is 23.8. The van der Waals surface area contributed by atoms with Gasteiger partial charge in [-0.2, -0.15) is 0 Å². The van der Waals surface area contributed by atoms with E-state index in [0.717, 1.165) is 4.90 Å². The second-order valence-electron chi connectivity index (χ2n) is 7.89. The fourth-order valence-electron chi connectivity index (χ4n) is 3.84. The van der Waals surface area contributed by atoms with Crippen molar-refractivity contribution < 1.29 is 14.4 Å². The predicted molar refractivity (Wildman–Crippen MR) is 123 cm³/mol. The molecular formula is C23H22ClN5O4. The van der Waals surface area contributed by atoms with Crippen LogP contribution in [-0.2, 0) is 21.7 Å². The summed E-state index contributed by atoms with van der Waals surface area (Å²) in [6, 6.07) is 13.0. The van der Waals surface area contributed by atoms with E-state index in [9.17, 15) is 19.2 Å². The Hall–Kier alpha value is -3.72. The third kappa shape index (κ3) is 4.19. The number of halogens is 1. The van der Waals surface area contributed by atoms with Crippen LogP contribution in [0, 0.1) is 0 Å². The largest absolute Gasteiger partial charge is 0.334 e. The summed E-state index contributed by atoms with van der Waals surface area (Å²) in [6.07, 6.45) is 0. The molecule has 2 heterocycles. The molecule has 3 aromatic rings. The average Bonchev–Trinajstić information content (AvgIpc) is 3.01. The van der Waals surface area contributed by atoms with E-state index >= 15 is 0 Å². The van der Waals surface area contributed by atoms with Crippen LogP contribution in [0.25, 0.3) is 10.9 Å². The van der Waals surface area contributed by atoms with Gasteiger partial charge in [0, 0.05) is 11.6 Å². The van der Waals surface area contributed by atoms with E-state index in [0.29, 0.717) is 21.5 Å². The lowest BCUT2D eigenvalue weighted by atomic mass is 9.92. The maximum Gasteiger partial charge on any atom is 0.325 e. The maximum absolute atomic E-state index is 13.1. The number of hydrogen-bond donors (Lipinski definition) is 2. The summed E-state index contributed by atoms with van der Waals surface area (Å²) in [4.78, 5) is 60.4. The van der Waals surface area contributed by atoms with Gasteiger partial charge in [0.1, 0.15) is 17.9 Å². The van der Waals surface area contributed by atoms with Crippen LogP contribution in [0.3, 0.4) is 0 Å². The topological polar surface area (TPSA) is 115 Å².